The lowest BCUT2D eigenvalue weighted by molar-refractivity contribution is -0.0497. The smallest absolute Gasteiger partial charge is 0.248 e. The molecule has 0 aliphatic heterocycles. The van der Waals surface area contributed by atoms with Crippen molar-refractivity contribution in [1.29, 1.82) is 0 Å². The number of aryl methyl sites for hydroxylation is 2. The largest absolute Gasteiger partial charge is 0.310 e. The first-order chi connectivity index (χ1) is 9.43. The zero-order chi connectivity index (χ0) is 14.8. The van der Waals surface area contributed by atoms with Gasteiger partial charge in [-0.3, -0.25) is 0 Å². The molecular weight excluding hydrogens is 256 g/mol. The van der Waals surface area contributed by atoms with E-state index in [4.69, 9.17) is 0 Å². The number of alkyl halides is 2. The van der Waals surface area contributed by atoms with Gasteiger partial charge >= 0.3 is 0 Å². The van der Waals surface area contributed by atoms with Gasteiger partial charge in [0.2, 0.25) is 5.92 Å². The maximum absolute atomic E-state index is 13.3. The number of hydrogen-bond donors (Lipinski definition) is 1. The molecule has 1 saturated carbocycles. The summed E-state index contributed by atoms with van der Waals surface area (Å²) in [5, 5.41) is 3.50. The van der Waals surface area contributed by atoms with Crippen molar-refractivity contribution in [2.24, 2.45) is 5.92 Å². The van der Waals surface area contributed by atoms with E-state index in [2.05, 4.69) is 44.3 Å². The highest BCUT2D eigenvalue weighted by Gasteiger charge is 2.37. The normalized spacial score (nSPS) is 20.9. The maximum atomic E-state index is 13.3. The molecule has 1 fully saturated rings. The maximum Gasteiger partial charge on any atom is 0.248 e. The number of nitrogens with one attached hydrogen (secondary N) is 1. The van der Waals surface area contributed by atoms with Crippen molar-refractivity contribution in [2.75, 3.05) is 6.54 Å². The molecule has 20 heavy (non-hydrogen) atoms. The molecule has 1 aromatic rings. The van der Waals surface area contributed by atoms with Crippen LogP contribution in [-0.4, -0.2) is 12.5 Å². The van der Waals surface area contributed by atoms with Crippen molar-refractivity contribution >= 4 is 0 Å². The Balaban J connectivity index is 2.16. The molecule has 0 spiro atoms. The van der Waals surface area contributed by atoms with Crippen LogP contribution < -0.4 is 5.32 Å². The van der Waals surface area contributed by atoms with Crippen molar-refractivity contribution in [3.8, 4) is 0 Å². The predicted octanol–water partition coefficient (Wildman–Crippen LogP) is 4.78. The van der Waals surface area contributed by atoms with Crippen molar-refractivity contribution in [2.45, 2.75) is 58.4 Å². The molecule has 1 aliphatic rings. The van der Waals surface area contributed by atoms with Crippen LogP contribution in [0, 0.1) is 19.8 Å². The Bertz CT molecular complexity index is 446. The Hall–Kier alpha value is -0.960. The van der Waals surface area contributed by atoms with Gasteiger partial charge in [-0.2, -0.15) is 0 Å². The molecule has 3 heteroatoms. The molecular formula is C17H25F2N. The molecule has 1 nitrogen and oxygen atoms in total. The van der Waals surface area contributed by atoms with Gasteiger partial charge in [0.25, 0.3) is 0 Å². The van der Waals surface area contributed by atoms with Gasteiger partial charge in [-0.05, 0) is 55.8 Å². The molecule has 1 aromatic carbocycles. The van der Waals surface area contributed by atoms with Crippen molar-refractivity contribution in [3.63, 3.8) is 0 Å². The van der Waals surface area contributed by atoms with Crippen LogP contribution in [0.1, 0.15) is 55.3 Å². The molecule has 1 N–H and O–H groups in total. The standard InChI is InChI=1S/C17H25F2N/c1-4-20-16(14-7-9-17(18,19)10-8-14)15-6-5-12(2)13(3)11-15/h5-6,11,14,16,20H,4,7-10H2,1-3H3. The zero-order valence-corrected chi connectivity index (χ0v) is 12.7. The lowest BCUT2D eigenvalue weighted by atomic mass is 9.79. The molecule has 2 rings (SSSR count). The van der Waals surface area contributed by atoms with E-state index in [1.54, 1.807) is 0 Å². The first-order valence-corrected chi connectivity index (χ1v) is 7.61. The Morgan fingerprint density at radius 3 is 2.40 bits per heavy atom. The van der Waals surface area contributed by atoms with Gasteiger partial charge in [-0.15, -0.1) is 0 Å². The quantitative estimate of drug-likeness (QED) is 0.837. The number of halogens is 2. The molecule has 1 atom stereocenters. The first kappa shape index (κ1) is 15.4. The van der Waals surface area contributed by atoms with Gasteiger partial charge in [0.1, 0.15) is 0 Å². The topological polar surface area (TPSA) is 12.0 Å². The van der Waals surface area contributed by atoms with Gasteiger partial charge in [-0.1, -0.05) is 25.1 Å². The molecule has 112 valence electrons. The molecule has 1 aliphatic carbocycles. The van der Waals surface area contributed by atoms with Gasteiger partial charge in [0.05, 0.1) is 0 Å². The SMILES string of the molecule is CCNC(c1ccc(C)c(C)c1)C1CCC(F)(F)CC1. The highest BCUT2D eigenvalue weighted by Crippen LogP contribution is 2.41. The van der Waals surface area contributed by atoms with Crippen LogP contribution >= 0.6 is 0 Å². The lowest BCUT2D eigenvalue weighted by Crippen LogP contribution is -2.34. The average Bonchev–Trinajstić information content (AvgIpc) is 2.40. The Kier molecular flexibility index (Phi) is 4.79. The fourth-order valence-corrected chi connectivity index (χ4v) is 3.13. The fourth-order valence-electron chi connectivity index (χ4n) is 3.13. The molecule has 0 bridgehead atoms. The van der Waals surface area contributed by atoms with E-state index in [9.17, 15) is 8.78 Å². The summed E-state index contributed by atoms with van der Waals surface area (Å²) >= 11 is 0. The van der Waals surface area contributed by atoms with E-state index >= 15 is 0 Å². The highest BCUT2D eigenvalue weighted by atomic mass is 19.3. The number of rotatable bonds is 4. The van der Waals surface area contributed by atoms with Crippen molar-refractivity contribution < 1.29 is 8.78 Å². The monoisotopic (exact) mass is 281 g/mol. The summed E-state index contributed by atoms with van der Waals surface area (Å²) in [4.78, 5) is 0. The average molecular weight is 281 g/mol. The summed E-state index contributed by atoms with van der Waals surface area (Å²) in [7, 11) is 0. The first-order valence-electron chi connectivity index (χ1n) is 7.61. The Morgan fingerprint density at radius 2 is 1.85 bits per heavy atom. The third kappa shape index (κ3) is 3.57. The summed E-state index contributed by atoms with van der Waals surface area (Å²) in [6.45, 7) is 7.15. The predicted molar refractivity (Wildman–Crippen MR) is 79.2 cm³/mol. The highest BCUT2D eigenvalue weighted by molar-refractivity contribution is 5.32. The van der Waals surface area contributed by atoms with Gasteiger partial charge in [0, 0.05) is 18.9 Å². The van der Waals surface area contributed by atoms with E-state index in [1.165, 1.54) is 16.7 Å². The van der Waals surface area contributed by atoms with Gasteiger partial charge in [-0.25, -0.2) is 8.78 Å². The summed E-state index contributed by atoms with van der Waals surface area (Å²) in [6, 6.07) is 6.68. The van der Waals surface area contributed by atoms with Crippen LogP contribution in [0.5, 0.6) is 0 Å². The van der Waals surface area contributed by atoms with E-state index in [0.717, 1.165) is 6.54 Å². The van der Waals surface area contributed by atoms with Crippen LogP contribution in [0.4, 0.5) is 8.78 Å². The van der Waals surface area contributed by atoms with Crippen molar-refractivity contribution in [3.05, 3.63) is 34.9 Å². The molecule has 0 radical (unpaired) electrons. The molecule has 1 unspecified atom stereocenters. The fraction of sp³-hybridized carbons (Fsp3) is 0.647. The van der Waals surface area contributed by atoms with Crippen LogP contribution in [0.3, 0.4) is 0 Å². The molecule has 0 aromatic heterocycles. The van der Waals surface area contributed by atoms with Crippen molar-refractivity contribution in [1.82, 2.24) is 5.32 Å². The summed E-state index contributed by atoms with van der Waals surface area (Å²) in [5.74, 6) is -2.13. The van der Waals surface area contributed by atoms with Crippen LogP contribution in [0.25, 0.3) is 0 Å². The number of hydrogen-bond acceptors (Lipinski definition) is 1. The van der Waals surface area contributed by atoms with Crippen LogP contribution in [-0.2, 0) is 0 Å². The molecule has 0 saturated heterocycles. The Morgan fingerprint density at radius 1 is 1.20 bits per heavy atom. The van der Waals surface area contributed by atoms with E-state index in [1.807, 2.05) is 0 Å². The minimum Gasteiger partial charge on any atom is -0.310 e. The Labute approximate surface area is 120 Å². The zero-order valence-electron chi connectivity index (χ0n) is 12.7. The van der Waals surface area contributed by atoms with Gasteiger partial charge in [0.15, 0.2) is 0 Å². The van der Waals surface area contributed by atoms with E-state index in [-0.39, 0.29) is 18.9 Å². The summed E-state index contributed by atoms with van der Waals surface area (Å²) in [5.41, 5.74) is 3.79. The minimum atomic E-state index is -2.45. The number of benzene rings is 1. The second kappa shape index (κ2) is 6.21. The summed E-state index contributed by atoms with van der Waals surface area (Å²) in [6.07, 6.45) is 1.28. The third-order valence-corrected chi connectivity index (χ3v) is 4.55. The van der Waals surface area contributed by atoms with Crippen LogP contribution in [0.2, 0.25) is 0 Å². The minimum absolute atomic E-state index is 0.0321. The third-order valence-electron chi connectivity index (χ3n) is 4.55. The van der Waals surface area contributed by atoms with E-state index in [0.29, 0.717) is 18.8 Å². The second-order valence-electron chi connectivity index (χ2n) is 6.07. The van der Waals surface area contributed by atoms with Crippen LogP contribution in [0.15, 0.2) is 18.2 Å². The van der Waals surface area contributed by atoms with Gasteiger partial charge < -0.3 is 5.32 Å². The molecule has 0 amide bonds. The van der Waals surface area contributed by atoms with E-state index < -0.39 is 5.92 Å². The summed E-state index contributed by atoms with van der Waals surface area (Å²) < 4.78 is 26.7. The molecule has 0 heterocycles. The second-order valence-corrected chi connectivity index (χ2v) is 6.07. The lowest BCUT2D eigenvalue weighted by Gasteiger charge is -2.34.